The Bertz CT molecular complexity index is 313. The summed E-state index contributed by atoms with van der Waals surface area (Å²) in [6, 6.07) is 8.29. The van der Waals surface area contributed by atoms with Crippen molar-refractivity contribution in [1.29, 1.82) is 0 Å². The highest BCUT2D eigenvalue weighted by molar-refractivity contribution is 6.17. The lowest BCUT2D eigenvalue weighted by Crippen LogP contribution is -2.38. The maximum atomic E-state index is 5.58. The van der Waals surface area contributed by atoms with Crippen molar-refractivity contribution in [1.82, 2.24) is 10.6 Å². The Kier molecular flexibility index (Phi) is 3.83. The molecule has 81 valence electrons. The summed E-state index contributed by atoms with van der Waals surface area (Å²) >= 11 is 5.58. The molecule has 1 atom stereocenters. The standard InChI is InChI=1S/C11H14ClN2O/c12-8-15-11-4-2-1-3-9(11)10-7-13-5-6-14-10/h1-4,10,13H,5-8H2. The number of alkyl halides is 1. The zero-order valence-electron chi connectivity index (χ0n) is 8.45. The number of nitrogens with zero attached hydrogens (tertiary/aromatic N) is 1. The summed E-state index contributed by atoms with van der Waals surface area (Å²) in [4.78, 5) is 0. The van der Waals surface area contributed by atoms with Crippen molar-refractivity contribution in [2.75, 3.05) is 25.7 Å². The predicted molar refractivity (Wildman–Crippen MR) is 60.4 cm³/mol. The molecule has 1 saturated heterocycles. The number of rotatable bonds is 3. The second-order valence-corrected chi connectivity index (χ2v) is 3.64. The summed E-state index contributed by atoms with van der Waals surface area (Å²) in [7, 11) is 0. The number of para-hydroxylation sites is 1. The van der Waals surface area contributed by atoms with Crippen LogP contribution in [0.25, 0.3) is 0 Å². The summed E-state index contributed by atoms with van der Waals surface area (Å²) in [5, 5.41) is 7.88. The summed E-state index contributed by atoms with van der Waals surface area (Å²) in [6.07, 6.45) is 0. The monoisotopic (exact) mass is 225 g/mol. The van der Waals surface area contributed by atoms with E-state index < -0.39 is 0 Å². The molecule has 1 aliphatic heterocycles. The minimum absolute atomic E-state index is 0.178. The first-order valence-electron chi connectivity index (χ1n) is 5.07. The third kappa shape index (κ3) is 2.62. The largest absolute Gasteiger partial charge is 0.478 e. The van der Waals surface area contributed by atoms with Gasteiger partial charge in [0, 0.05) is 25.2 Å². The Morgan fingerprint density at radius 1 is 1.47 bits per heavy atom. The minimum Gasteiger partial charge on any atom is -0.478 e. The summed E-state index contributed by atoms with van der Waals surface area (Å²) in [6.45, 7) is 2.71. The fraction of sp³-hybridized carbons (Fsp3) is 0.455. The molecule has 1 aromatic carbocycles. The van der Waals surface area contributed by atoms with Crippen LogP contribution in [0, 0.1) is 0 Å². The summed E-state index contributed by atoms with van der Waals surface area (Å²) in [5.74, 6) is 0.838. The molecule has 1 heterocycles. The smallest absolute Gasteiger partial charge is 0.162 e. The van der Waals surface area contributed by atoms with Gasteiger partial charge < -0.3 is 10.1 Å². The number of hydrogen-bond donors (Lipinski definition) is 1. The zero-order valence-corrected chi connectivity index (χ0v) is 9.20. The van der Waals surface area contributed by atoms with Crippen LogP contribution in [0.5, 0.6) is 5.75 Å². The minimum atomic E-state index is 0.178. The first-order chi connectivity index (χ1) is 7.42. The van der Waals surface area contributed by atoms with Crippen LogP contribution in [0.1, 0.15) is 11.6 Å². The molecule has 1 aliphatic rings. The van der Waals surface area contributed by atoms with E-state index in [1.54, 1.807) is 0 Å². The second-order valence-electron chi connectivity index (χ2n) is 3.42. The number of ether oxygens (including phenoxy) is 1. The van der Waals surface area contributed by atoms with Crippen LogP contribution in [0.3, 0.4) is 0 Å². The van der Waals surface area contributed by atoms with Crippen LogP contribution in [-0.4, -0.2) is 25.7 Å². The van der Waals surface area contributed by atoms with Crippen molar-refractivity contribution < 1.29 is 4.74 Å². The van der Waals surface area contributed by atoms with E-state index in [0.29, 0.717) is 0 Å². The average molecular weight is 226 g/mol. The number of hydrogen-bond acceptors (Lipinski definition) is 2. The number of nitrogens with one attached hydrogen (secondary N) is 1. The molecule has 1 N–H and O–H groups in total. The van der Waals surface area contributed by atoms with Crippen LogP contribution in [-0.2, 0) is 0 Å². The van der Waals surface area contributed by atoms with Crippen molar-refractivity contribution >= 4 is 11.6 Å². The molecule has 1 unspecified atom stereocenters. The van der Waals surface area contributed by atoms with Gasteiger partial charge in [-0.05, 0) is 6.07 Å². The van der Waals surface area contributed by atoms with E-state index in [1.165, 1.54) is 0 Å². The molecular weight excluding hydrogens is 212 g/mol. The molecule has 0 amide bonds. The molecule has 15 heavy (non-hydrogen) atoms. The number of halogens is 1. The highest BCUT2D eigenvalue weighted by atomic mass is 35.5. The molecule has 0 aliphatic carbocycles. The van der Waals surface area contributed by atoms with Gasteiger partial charge in [-0.3, -0.25) is 0 Å². The van der Waals surface area contributed by atoms with E-state index >= 15 is 0 Å². The van der Waals surface area contributed by atoms with E-state index in [0.717, 1.165) is 30.9 Å². The molecule has 4 heteroatoms. The van der Waals surface area contributed by atoms with Gasteiger partial charge >= 0.3 is 0 Å². The predicted octanol–water partition coefficient (Wildman–Crippen LogP) is 1.51. The third-order valence-electron chi connectivity index (χ3n) is 2.46. The van der Waals surface area contributed by atoms with Crippen molar-refractivity contribution in [2.24, 2.45) is 0 Å². The lowest BCUT2D eigenvalue weighted by Gasteiger charge is -2.24. The van der Waals surface area contributed by atoms with Crippen molar-refractivity contribution in [3.05, 3.63) is 29.8 Å². The molecule has 0 spiro atoms. The van der Waals surface area contributed by atoms with Gasteiger partial charge in [0.05, 0.1) is 6.04 Å². The lowest BCUT2D eigenvalue weighted by molar-refractivity contribution is 0.362. The maximum Gasteiger partial charge on any atom is 0.162 e. The lowest BCUT2D eigenvalue weighted by atomic mass is 10.0. The summed E-state index contributed by atoms with van der Waals surface area (Å²) in [5.41, 5.74) is 1.12. The van der Waals surface area contributed by atoms with E-state index in [4.69, 9.17) is 16.3 Å². The Balaban J connectivity index is 2.17. The van der Waals surface area contributed by atoms with Crippen LogP contribution in [0.2, 0.25) is 0 Å². The van der Waals surface area contributed by atoms with Gasteiger partial charge in [-0.15, -0.1) is 0 Å². The highest BCUT2D eigenvalue weighted by Crippen LogP contribution is 2.26. The van der Waals surface area contributed by atoms with Crippen LogP contribution in [0.15, 0.2) is 24.3 Å². The topological polar surface area (TPSA) is 35.4 Å². The van der Waals surface area contributed by atoms with Crippen LogP contribution in [0.4, 0.5) is 0 Å². The Morgan fingerprint density at radius 2 is 2.33 bits per heavy atom. The highest BCUT2D eigenvalue weighted by Gasteiger charge is 2.18. The Hall–Kier alpha value is -0.770. The Labute approximate surface area is 94.8 Å². The van der Waals surface area contributed by atoms with E-state index in [-0.39, 0.29) is 12.1 Å². The fourth-order valence-corrected chi connectivity index (χ4v) is 1.87. The molecular formula is C11H14ClN2O. The van der Waals surface area contributed by atoms with Gasteiger partial charge in [-0.1, -0.05) is 29.8 Å². The molecule has 0 bridgehead atoms. The van der Waals surface area contributed by atoms with Crippen molar-refractivity contribution in [3.8, 4) is 5.75 Å². The second kappa shape index (κ2) is 5.35. The molecule has 1 fully saturated rings. The van der Waals surface area contributed by atoms with E-state index in [1.807, 2.05) is 24.3 Å². The van der Waals surface area contributed by atoms with Crippen molar-refractivity contribution in [3.63, 3.8) is 0 Å². The van der Waals surface area contributed by atoms with E-state index in [9.17, 15) is 0 Å². The Morgan fingerprint density at radius 3 is 3.07 bits per heavy atom. The van der Waals surface area contributed by atoms with Gasteiger partial charge in [-0.2, -0.15) is 0 Å². The molecule has 2 rings (SSSR count). The van der Waals surface area contributed by atoms with Gasteiger partial charge in [0.2, 0.25) is 0 Å². The van der Waals surface area contributed by atoms with Crippen molar-refractivity contribution in [2.45, 2.75) is 6.04 Å². The molecule has 0 saturated carbocycles. The van der Waals surface area contributed by atoms with Crippen LogP contribution >= 0.6 is 11.6 Å². The molecule has 1 aromatic rings. The normalized spacial score (nSPS) is 21.3. The SMILES string of the molecule is ClCOc1ccccc1C1CNCC[N]1. The van der Waals surface area contributed by atoms with Gasteiger partial charge in [0.1, 0.15) is 5.75 Å². The van der Waals surface area contributed by atoms with E-state index in [2.05, 4.69) is 10.6 Å². The average Bonchev–Trinajstić information content (AvgIpc) is 2.31. The van der Waals surface area contributed by atoms with Gasteiger partial charge in [0.25, 0.3) is 0 Å². The molecule has 3 nitrogen and oxygen atoms in total. The number of piperazine rings is 1. The zero-order chi connectivity index (χ0) is 10.5. The maximum absolute atomic E-state index is 5.58. The van der Waals surface area contributed by atoms with Crippen LogP contribution < -0.4 is 15.4 Å². The number of benzene rings is 1. The van der Waals surface area contributed by atoms with Gasteiger partial charge in [-0.25, -0.2) is 5.32 Å². The quantitative estimate of drug-likeness (QED) is 0.792. The summed E-state index contributed by atoms with van der Waals surface area (Å²) < 4.78 is 5.37. The third-order valence-corrected chi connectivity index (χ3v) is 2.57. The molecule has 0 aromatic heterocycles. The fourth-order valence-electron chi connectivity index (χ4n) is 1.76. The first kappa shape index (κ1) is 10.7. The molecule has 1 radical (unpaired) electrons. The first-order valence-corrected chi connectivity index (χ1v) is 5.60. The van der Waals surface area contributed by atoms with Gasteiger partial charge in [0.15, 0.2) is 6.07 Å².